The summed E-state index contributed by atoms with van der Waals surface area (Å²) in [5.41, 5.74) is 7.56. The number of aryl methyl sites for hydroxylation is 1. The molecular formula is C13H15N3O. The highest BCUT2D eigenvalue weighted by Gasteiger charge is 1.99. The van der Waals surface area contributed by atoms with Crippen molar-refractivity contribution in [2.24, 2.45) is 0 Å². The van der Waals surface area contributed by atoms with Gasteiger partial charge >= 0.3 is 0 Å². The molecule has 2 aromatic rings. The quantitative estimate of drug-likeness (QED) is 0.797. The number of hydrogen-bond donors (Lipinski definition) is 1. The highest BCUT2D eigenvalue weighted by Crippen LogP contribution is 2.16. The Hall–Kier alpha value is -2.10. The average molecular weight is 229 g/mol. The summed E-state index contributed by atoms with van der Waals surface area (Å²) < 4.78 is 5.51. The van der Waals surface area contributed by atoms with Crippen LogP contribution in [0, 0.1) is 0 Å². The Morgan fingerprint density at radius 1 is 1.12 bits per heavy atom. The summed E-state index contributed by atoms with van der Waals surface area (Å²) >= 11 is 0. The Morgan fingerprint density at radius 3 is 2.71 bits per heavy atom. The van der Waals surface area contributed by atoms with Gasteiger partial charge in [-0.3, -0.25) is 4.98 Å². The second-order valence-corrected chi connectivity index (χ2v) is 3.71. The minimum Gasteiger partial charge on any atom is -0.476 e. The van der Waals surface area contributed by atoms with Gasteiger partial charge in [-0.25, -0.2) is 4.98 Å². The lowest BCUT2D eigenvalue weighted by Gasteiger charge is -2.06. The first-order valence-electron chi connectivity index (χ1n) is 5.58. The molecule has 2 heterocycles. The van der Waals surface area contributed by atoms with Crippen molar-refractivity contribution in [3.8, 4) is 5.88 Å². The maximum Gasteiger partial charge on any atom is 0.237 e. The first-order chi connectivity index (χ1) is 8.36. The fraction of sp³-hybridized carbons (Fsp3) is 0.231. The molecule has 0 saturated carbocycles. The van der Waals surface area contributed by atoms with Gasteiger partial charge in [-0.1, -0.05) is 0 Å². The smallest absolute Gasteiger partial charge is 0.237 e. The monoisotopic (exact) mass is 229 g/mol. The van der Waals surface area contributed by atoms with E-state index in [4.69, 9.17) is 10.5 Å². The first kappa shape index (κ1) is 11.4. The van der Waals surface area contributed by atoms with Crippen molar-refractivity contribution >= 4 is 5.69 Å². The number of pyridine rings is 2. The number of hydrogen-bond acceptors (Lipinski definition) is 4. The summed E-state index contributed by atoms with van der Waals surface area (Å²) in [6, 6.07) is 7.59. The van der Waals surface area contributed by atoms with Crippen LogP contribution in [0.5, 0.6) is 5.88 Å². The molecule has 0 fully saturated rings. The van der Waals surface area contributed by atoms with Crippen molar-refractivity contribution in [1.29, 1.82) is 0 Å². The topological polar surface area (TPSA) is 61.0 Å². The molecule has 0 aromatic carbocycles. The van der Waals surface area contributed by atoms with E-state index in [0.29, 0.717) is 18.2 Å². The lowest BCUT2D eigenvalue weighted by atomic mass is 10.1. The van der Waals surface area contributed by atoms with Gasteiger partial charge in [0.05, 0.1) is 12.3 Å². The zero-order valence-electron chi connectivity index (χ0n) is 9.54. The van der Waals surface area contributed by atoms with Gasteiger partial charge in [-0.2, -0.15) is 0 Å². The van der Waals surface area contributed by atoms with Crippen LogP contribution in [0.4, 0.5) is 5.69 Å². The maximum atomic E-state index is 5.72. The van der Waals surface area contributed by atoms with Crippen LogP contribution in [0.25, 0.3) is 0 Å². The Labute approximate surface area is 100 Å². The second kappa shape index (κ2) is 5.84. The summed E-state index contributed by atoms with van der Waals surface area (Å²) in [6.45, 7) is 0.615. The van der Waals surface area contributed by atoms with Crippen molar-refractivity contribution in [2.75, 3.05) is 12.3 Å². The summed E-state index contributed by atoms with van der Waals surface area (Å²) in [5, 5.41) is 0. The van der Waals surface area contributed by atoms with Gasteiger partial charge in [0.25, 0.3) is 0 Å². The van der Waals surface area contributed by atoms with Gasteiger partial charge < -0.3 is 10.5 Å². The van der Waals surface area contributed by atoms with Crippen LogP contribution in [0.2, 0.25) is 0 Å². The lowest BCUT2D eigenvalue weighted by Crippen LogP contribution is -2.03. The molecule has 88 valence electrons. The van der Waals surface area contributed by atoms with E-state index in [2.05, 4.69) is 9.97 Å². The Bertz CT molecular complexity index is 459. The highest BCUT2D eigenvalue weighted by molar-refractivity contribution is 5.46. The van der Waals surface area contributed by atoms with Crippen LogP contribution in [0.15, 0.2) is 42.9 Å². The minimum atomic E-state index is 0.516. The Kier molecular flexibility index (Phi) is 3.91. The summed E-state index contributed by atoms with van der Waals surface area (Å²) in [4.78, 5) is 8.04. The van der Waals surface area contributed by atoms with E-state index in [9.17, 15) is 0 Å². The third-order valence-electron chi connectivity index (χ3n) is 2.40. The predicted octanol–water partition coefficient (Wildman–Crippen LogP) is 2.07. The maximum absolute atomic E-state index is 5.72. The molecule has 0 bridgehead atoms. The fourth-order valence-electron chi connectivity index (χ4n) is 1.52. The molecule has 0 saturated heterocycles. The van der Waals surface area contributed by atoms with E-state index in [1.165, 1.54) is 5.56 Å². The standard InChI is InChI=1S/C13H15N3O/c14-12-4-1-7-16-13(12)17-10-2-3-11-5-8-15-9-6-11/h1,4-9H,2-3,10,14H2. The molecule has 0 aliphatic carbocycles. The van der Waals surface area contributed by atoms with Crippen molar-refractivity contribution in [1.82, 2.24) is 9.97 Å². The summed E-state index contributed by atoms with van der Waals surface area (Å²) in [5.74, 6) is 0.516. The predicted molar refractivity (Wildman–Crippen MR) is 66.7 cm³/mol. The molecule has 0 amide bonds. The van der Waals surface area contributed by atoms with E-state index in [1.807, 2.05) is 12.1 Å². The van der Waals surface area contributed by atoms with E-state index in [0.717, 1.165) is 12.8 Å². The zero-order chi connectivity index (χ0) is 11.9. The van der Waals surface area contributed by atoms with E-state index < -0.39 is 0 Å². The van der Waals surface area contributed by atoms with E-state index >= 15 is 0 Å². The highest BCUT2D eigenvalue weighted by atomic mass is 16.5. The first-order valence-corrected chi connectivity index (χ1v) is 5.58. The average Bonchev–Trinajstić information content (AvgIpc) is 2.38. The molecule has 2 rings (SSSR count). The molecular weight excluding hydrogens is 214 g/mol. The van der Waals surface area contributed by atoms with Gasteiger partial charge in [-0.15, -0.1) is 0 Å². The van der Waals surface area contributed by atoms with Crippen LogP contribution in [-0.4, -0.2) is 16.6 Å². The lowest BCUT2D eigenvalue weighted by molar-refractivity contribution is 0.301. The molecule has 0 aliphatic heterocycles. The number of nitrogens with two attached hydrogens (primary N) is 1. The van der Waals surface area contributed by atoms with Crippen LogP contribution in [-0.2, 0) is 6.42 Å². The van der Waals surface area contributed by atoms with Crippen molar-refractivity contribution < 1.29 is 4.74 Å². The molecule has 2 N–H and O–H groups in total. The summed E-state index contributed by atoms with van der Waals surface area (Å²) in [6.07, 6.45) is 7.17. The minimum absolute atomic E-state index is 0.516. The number of anilines is 1. The molecule has 4 heteroatoms. The van der Waals surface area contributed by atoms with Gasteiger partial charge in [0, 0.05) is 18.6 Å². The Morgan fingerprint density at radius 2 is 1.94 bits per heavy atom. The molecule has 0 spiro atoms. The van der Waals surface area contributed by atoms with Crippen LogP contribution < -0.4 is 10.5 Å². The number of nitrogen functional groups attached to an aromatic ring is 1. The third-order valence-corrected chi connectivity index (χ3v) is 2.40. The van der Waals surface area contributed by atoms with Crippen molar-refractivity contribution in [3.05, 3.63) is 48.4 Å². The Balaban J connectivity index is 1.76. The molecule has 0 radical (unpaired) electrons. The largest absolute Gasteiger partial charge is 0.476 e. The molecule has 4 nitrogen and oxygen atoms in total. The normalized spacial score (nSPS) is 10.1. The molecule has 0 aliphatic rings. The summed E-state index contributed by atoms with van der Waals surface area (Å²) in [7, 11) is 0. The SMILES string of the molecule is Nc1cccnc1OCCCc1ccncc1. The van der Waals surface area contributed by atoms with Crippen LogP contribution >= 0.6 is 0 Å². The fourth-order valence-corrected chi connectivity index (χ4v) is 1.52. The van der Waals surface area contributed by atoms with Gasteiger partial charge in [0.15, 0.2) is 0 Å². The third kappa shape index (κ3) is 3.45. The van der Waals surface area contributed by atoms with Gasteiger partial charge in [0.2, 0.25) is 5.88 Å². The van der Waals surface area contributed by atoms with Crippen molar-refractivity contribution in [2.45, 2.75) is 12.8 Å². The molecule has 2 aromatic heterocycles. The van der Waals surface area contributed by atoms with Crippen molar-refractivity contribution in [3.63, 3.8) is 0 Å². The van der Waals surface area contributed by atoms with Gasteiger partial charge in [0.1, 0.15) is 0 Å². The van der Waals surface area contributed by atoms with Crippen LogP contribution in [0.1, 0.15) is 12.0 Å². The number of ether oxygens (including phenoxy) is 1. The zero-order valence-corrected chi connectivity index (χ0v) is 9.54. The van der Waals surface area contributed by atoms with E-state index in [-0.39, 0.29) is 0 Å². The molecule has 0 atom stereocenters. The van der Waals surface area contributed by atoms with E-state index in [1.54, 1.807) is 30.7 Å². The molecule has 0 unspecified atom stereocenters. The second-order valence-electron chi connectivity index (χ2n) is 3.71. The number of rotatable bonds is 5. The molecule has 17 heavy (non-hydrogen) atoms. The van der Waals surface area contributed by atoms with Crippen LogP contribution in [0.3, 0.4) is 0 Å². The number of nitrogens with zero attached hydrogens (tertiary/aromatic N) is 2. The number of aromatic nitrogens is 2. The van der Waals surface area contributed by atoms with Gasteiger partial charge in [-0.05, 0) is 42.7 Å².